The molecule has 0 aliphatic carbocycles. The smallest absolute Gasteiger partial charge is 0.343 e. The highest BCUT2D eigenvalue weighted by molar-refractivity contribution is 6.60. The molecule has 0 saturated heterocycles. The van der Waals surface area contributed by atoms with Crippen LogP contribution in [0.3, 0.4) is 0 Å². The summed E-state index contributed by atoms with van der Waals surface area (Å²) in [5.74, 6) is -0.691. The Morgan fingerprint density at radius 2 is 1.20 bits per heavy atom. The molecule has 150 valence electrons. The van der Waals surface area contributed by atoms with E-state index in [1.54, 1.807) is 0 Å². The monoisotopic (exact) mass is 416 g/mol. The van der Waals surface area contributed by atoms with Crippen molar-refractivity contribution in [3.8, 4) is 0 Å². The maximum Gasteiger partial charge on any atom is 0.343 e. The summed E-state index contributed by atoms with van der Waals surface area (Å²) < 4.78 is 2.90. The Morgan fingerprint density at radius 1 is 0.840 bits per heavy atom. The zero-order valence-corrected chi connectivity index (χ0v) is 17.8. The highest BCUT2D eigenvalue weighted by atomic mass is 35.5. The molecule has 0 spiro atoms. The fourth-order valence-corrected chi connectivity index (χ4v) is 3.44. The van der Waals surface area contributed by atoms with E-state index in [9.17, 15) is 4.79 Å². The number of esters is 1. The number of rotatable bonds is 17. The molecule has 0 radical (unpaired) electrons. The summed E-state index contributed by atoms with van der Waals surface area (Å²) in [5.41, 5.74) is 0. The number of carbonyl (C=O) groups excluding carboxylic acids is 1. The molecule has 0 saturated carbocycles. The number of aliphatic hydroxyl groups excluding tert-OH is 1. The highest BCUT2D eigenvalue weighted by Crippen LogP contribution is 2.34. The van der Waals surface area contributed by atoms with Gasteiger partial charge in [0.2, 0.25) is 4.33 Å². The van der Waals surface area contributed by atoms with Gasteiger partial charge in [0.15, 0.2) is 0 Å². The minimum absolute atomic E-state index is 0.329. The van der Waals surface area contributed by atoms with Crippen molar-refractivity contribution >= 4 is 40.8 Å². The minimum Gasteiger partial charge on any atom is -0.467 e. The van der Waals surface area contributed by atoms with Crippen molar-refractivity contribution in [3.63, 3.8) is 0 Å². The van der Waals surface area contributed by atoms with Crippen molar-refractivity contribution in [2.75, 3.05) is 13.7 Å². The Morgan fingerprint density at radius 3 is 1.56 bits per heavy atom. The topological polar surface area (TPSA) is 46.5 Å². The van der Waals surface area contributed by atoms with Crippen molar-refractivity contribution in [2.24, 2.45) is 0 Å². The first-order valence-electron chi connectivity index (χ1n) is 9.68. The Balaban J connectivity index is 3.38. The Hall–Kier alpha value is 0.300. The average Bonchev–Trinajstić information content (AvgIpc) is 2.60. The van der Waals surface area contributed by atoms with E-state index in [0.717, 1.165) is 25.7 Å². The summed E-state index contributed by atoms with van der Waals surface area (Å²) in [6, 6.07) is 0. The molecule has 1 atom stereocenters. The zero-order chi connectivity index (χ0) is 19.0. The summed E-state index contributed by atoms with van der Waals surface area (Å²) >= 11 is 18.0. The van der Waals surface area contributed by atoms with Gasteiger partial charge >= 0.3 is 5.97 Å². The van der Waals surface area contributed by atoms with Crippen molar-refractivity contribution in [1.29, 1.82) is 0 Å². The summed E-state index contributed by atoms with van der Waals surface area (Å²) in [6.07, 6.45) is 16.3. The molecule has 1 unspecified atom stereocenters. The fraction of sp³-hybridized carbons (Fsp3) is 0.947. The van der Waals surface area contributed by atoms with E-state index in [1.807, 2.05) is 0 Å². The Kier molecular flexibility index (Phi) is 16.7. The first-order chi connectivity index (χ1) is 12.0. The standard InChI is InChI=1S/C19H35Cl3O3/c1-25-18(24)19(21,22)17(20)15-13-11-9-7-5-3-2-4-6-8-10-12-14-16-23/h17,23H,2-16H2,1H3. The number of alkyl halides is 3. The molecule has 0 aromatic carbocycles. The summed E-state index contributed by atoms with van der Waals surface area (Å²) in [6.45, 7) is 0.329. The van der Waals surface area contributed by atoms with E-state index in [1.165, 1.54) is 64.9 Å². The lowest BCUT2D eigenvalue weighted by molar-refractivity contribution is -0.141. The maximum atomic E-state index is 11.4. The van der Waals surface area contributed by atoms with Gasteiger partial charge in [-0.25, -0.2) is 4.79 Å². The van der Waals surface area contributed by atoms with E-state index in [-0.39, 0.29) is 0 Å². The van der Waals surface area contributed by atoms with Crippen LogP contribution in [0.15, 0.2) is 0 Å². The van der Waals surface area contributed by atoms with Crippen LogP contribution in [0.4, 0.5) is 0 Å². The van der Waals surface area contributed by atoms with Gasteiger partial charge in [0, 0.05) is 6.61 Å². The number of aliphatic hydroxyl groups is 1. The predicted octanol–water partition coefficient (Wildman–Crippen LogP) is 6.39. The maximum absolute atomic E-state index is 11.4. The van der Waals surface area contributed by atoms with Gasteiger partial charge < -0.3 is 9.84 Å². The van der Waals surface area contributed by atoms with Crippen molar-refractivity contribution < 1.29 is 14.6 Å². The quantitative estimate of drug-likeness (QED) is 0.169. The Bertz CT molecular complexity index is 325. The van der Waals surface area contributed by atoms with E-state index < -0.39 is 15.7 Å². The van der Waals surface area contributed by atoms with Crippen LogP contribution in [0.1, 0.15) is 89.9 Å². The van der Waals surface area contributed by atoms with Gasteiger partial charge in [-0.05, 0) is 12.8 Å². The molecule has 0 fully saturated rings. The molecule has 0 aromatic rings. The number of methoxy groups -OCH3 is 1. The largest absolute Gasteiger partial charge is 0.467 e. The van der Waals surface area contributed by atoms with E-state index in [0.29, 0.717) is 13.0 Å². The first-order valence-corrected chi connectivity index (χ1v) is 10.9. The molecule has 0 aromatic heterocycles. The number of unbranched alkanes of at least 4 members (excludes halogenated alkanes) is 12. The lowest BCUT2D eigenvalue weighted by Gasteiger charge is -2.22. The lowest BCUT2D eigenvalue weighted by Crippen LogP contribution is -2.37. The predicted molar refractivity (Wildman–Crippen MR) is 108 cm³/mol. The molecule has 25 heavy (non-hydrogen) atoms. The molecule has 0 amide bonds. The molecule has 0 aliphatic rings. The second kappa shape index (κ2) is 16.5. The Labute approximate surface area is 168 Å². The number of ether oxygens (including phenoxy) is 1. The summed E-state index contributed by atoms with van der Waals surface area (Å²) in [4.78, 5) is 11.4. The van der Waals surface area contributed by atoms with Gasteiger partial charge in [-0.1, -0.05) is 100 Å². The summed E-state index contributed by atoms with van der Waals surface area (Å²) in [7, 11) is 1.25. The molecular formula is C19H35Cl3O3. The van der Waals surface area contributed by atoms with Crippen LogP contribution in [0.25, 0.3) is 0 Å². The second-order valence-electron chi connectivity index (χ2n) is 6.69. The van der Waals surface area contributed by atoms with Crippen LogP contribution in [-0.2, 0) is 9.53 Å². The van der Waals surface area contributed by atoms with Gasteiger partial charge in [0.25, 0.3) is 0 Å². The summed E-state index contributed by atoms with van der Waals surface area (Å²) in [5, 5.41) is 8.08. The lowest BCUT2D eigenvalue weighted by atomic mass is 10.0. The molecule has 0 rings (SSSR count). The third kappa shape index (κ3) is 13.2. The van der Waals surface area contributed by atoms with Gasteiger partial charge in [-0.15, -0.1) is 11.6 Å². The van der Waals surface area contributed by atoms with E-state index in [2.05, 4.69) is 4.74 Å². The van der Waals surface area contributed by atoms with Crippen LogP contribution < -0.4 is 0 Å². The molecule has 0 heterocycles. The molecule has 3 nitrogen and oxygen atoms in total. The van der Waals surface area contributed by atoms with Crippen molar-refractivity contribution in [3.05, 3.63) is 0 Å². The van der Waals surface area contributed by atoms with Gasteiger partial charge in [0.05, 0.1) is 12.5 Å². The normalized spacial score (nSPS) is 13.0. The van der Waals surface area contributed by atoms with Crippen LogP contribution in [-0.4, -0.2) is 34.5 Å². The molecule has 0 bridgehead atoms. The van der Waals surface area contributed by atoms with Gasteiger partial charge in [0.1, 0.15) is 0 Å². The molecule has 0 aliphatic heterocycles. The van der Waals surface area contributed by atoms with E-state index in [4.69, 9.17) is 39.9 Å². The van der Waals surface area contributed by atoms with E-state index >= 15 is 0 Å². The number of hydrogen-bond acceptors (Lipinski definition) is 3. The van der Waals surface area contributed by atoms with Crippen LogP contribution in [0, 0.1) is 0 Å². The molecule has 6 heteroatoms. The third-order valence-electron chi connectivity index (χ3n) is 4.47. The third-order valence-corrected chi connectivity index (χ3v) is 6.07. The van der Waals surface area contributed by atoms with Gasteiger partial charge in [-0.3, -0.25) is 0 Å². The van der Waals surface area contributed by atoms with Crippen LogP contribution >= 0.6 is 34.8 Å². The SMILES string of the molecule is COC(=O)C(Cl)(Cl)C(Cl)CCCCCCCCCCCCCCCO. The van der Waals surface area contributed by atoms with Crippen LogP contribution in [0.2, 0.25) is 0 Å². The van der Waals surface area contributed by atoms with Crippen molar-refractivity contribution in [2.45, 2.75) is 99.6 Å². The zero-order valence-electron chi connectivity index (χ0n) is 15.6. The fourth-order valence-electron chi connectivity index (χ4n) is 2.83. The van der Waals surface area contributed by atoms with Crippen LogP contribution in [0.5, 0.6) is 0 Å². The number of carbonyl (C=O) groups is 1. The number of halogens is 3. The second-order valence-corrected chi connectivity index (χ2v) is 8.60. The average molecular weight is 418 g/mol. The van der Waals surface area contributed by atoms with Crippen molar-refractivity contribution in [1.82, 2.24) is 0 Å². The van der Waals surface area contributed by atoms with Gasteiger partial charge in [-0.2, -0.15) is 0 Å². The first kappa shape index (κ1) is 25.3. The molecule has 1 N–H and O–H groups in total. The highest BCUT2D eigenvalue weighted by Gasteiger charge is 2.42. The number of hydrogen-bond donors (Lipinski definition) is 1. The minimum atomic E-state index is -1.66. The molecular weight excluding hydrogens is 383 g/mol.